The summed E-state index contributed by atoms with van der Waals surface area (Å²) in [5.74, 6) is 1.21. The van der Waals surface area contributed by atoms with E-state index in [0.717, 1.165) is 37.1 Å². The summed E-state index contributed by atoms with van der Waals surface area (Å²) in [7, 11) is 0. The lowest BCUT2D eigenvalue weighted by molar-refractivity contribution is -0.117. The van der Waals surface area contributed by atoms with E-state index in [1.807, 2.05) is 24.3 Å². The third kappa shape index (κ3) is 5.24. The molecule has 3 rings (SSSR count). The van der Waals surface area contributed by atoms with Gasteiger partial charge in [0.25, 0.3) is 0 Å². The fourth-order valence-corrected chi connectivity index (χ4v) is 3.47. The van der Waals surface area contributed by atoms with Gasteiger partial charge in [-0.05, 0) is 74.1 Å². The molecule has 0 aliphatic heterocycles. The topological polar surface area (TPSA) is 62.1 Å². The molecule has 1 aliphatic carbocycles. The zero-order valence-corrected chi connectivity index (χ0v) is 15.2. The molecule has 26 heavy (non-hydrogen) atoms. The molecule has 0 saturated heterocycles. The van der Waals surface area contributed by atoms with Crippen LogP contribution < -0.4 is 10.1 Å². The third-order valence-corrected chi connectivity index (χ3v) is 4.90. The lowest BCUT2D eigenvalue weighted by Crippen LogP contribution is -2.26. The Kier molecular flexibility index (Phi) is 6.14. The number of ether oxygens (including phenoxy) is 1. The molecular formula is C21H21ClN2O2. The van der Waals surface area contributed by atoms with Crippen LogP contribution in [0.3, 0.4) is 0 Å². The lowest BCUT2D eigenvalue weighted by atomic mass is 9.85. The Balaban J connectivity index is 1.43. The van der Waals surface area contributed by atoms with Gasteiger partial charge in [-0.15, -0.1) is 0 Å². The highest BCUT2D eigenvalue weighted by Crippen LogP contribution is 2.30. The number of nitrogens with one attached hydrogen (secondary N) is 1. The molecule has 0 bridgehead atoms. The Bertz CT molecular complexity index is 790. The molecule has 0 atom stereocenters. The van der Waals surface area contributed by atoms with Crippen molar-refractivity contribution in [2.75, 3.05) is 5.32 Å². The molecular weight excluding hydrogens is 348 g/mol. The quantitative estimate of drug-likeness (QED) is 0.791. The van der Waals surface area contributed by atoms with Gasteiger partial charge in [-0.3, -0.25) is 4.79 Å². The van der Waals surface area contributed by atoms with E-state index in [9.17, 15) is 4.79 Å². The van der Waals surface area contributed by atoms with E-state index in [1.165, 1.54) is 0 Å². The van der Waals surface area contributed by atoms with Crippen LogP contribution in [-0.4, -0.2) is 12.0 Å². The SMILES string of the molecule is N#Cc1ccc(NC(=O)CC2CCC(Oc3cccc(Cl)c3)CC2)cc1. The van der Waals surface area contributed by atoms with E-state index in [2.05, 4.69) is 11.4 Å². The molecule has 134 valence electrons. The van der Waals surface area contributed by atoms with Crippen LogP contribution in [0.4, 0.5) is 5.69 Å². The number of hydrogen-bond acceptors (Lipinski definition) is 3. The fraction of sp³-hybridized carbons (Fsp3) is 0.333. The first-order chi connectivity index (χ1) is 12.6. The molecule has 0 radical (unpaired) electrons. The summed E-state index contributed by atoms with van der Waals surface area (Å²) in [5.41, 5.74) is 1.31. The first kappa shape index (κ1) is 18.3. The van der Waals surface area contributed by atoms with Crippen LogP contribution in [0.2, 0.25) is 5.02 Å². The third-order valence-electron chi connectivity index (χ3n) is 4.66. The van der Waals surface area contributed by atoms with Crippen molar-refractivity contribution in [3.05, 3.63) is 59.1 Å². The standard InChI is InChI=1S/C21H21ClN2O2/c22-17-2-1-3-20(13-17)26-19-10-6-15(7-11-19)12-21(25)24-18-8-4-16(14-23)5-9-18/h1-5,8-9,13,15,19H,6-7,10-12H2,(H,24,25). The Morgan fingerprint density at radius 3 is 2.54 bits per heavy atom. The maximum Gasteiger partial charge on any atom is 0.224 e. The molecule has 4 nitrogen and oxygen atoms in total. The number of hydrogen-bond donors (Lipinski definition) is 1. The molecule has 0 unspecified atom stereocenters. The Hall–Kier alpha value is -2.51. The minimum atomic E-state index is 0.0221. The van der Waals surface area contributed by atoms with Crippen molar-refractivity contribution in [3.8, 4) is 11.8 Å². The summed E-state index contributed by atoms with van der Waals surface area (Å²) in [4.78, 5) is 12.2. The molecule has 1 N–H and O–H groups in total. The molecule has 1 aliphatic rings. The van der Waals surface area contributed by atoms with Crippen LogP contribution in [0.25, 0.3) is 0 Å². The number of carbonyl (C=O) groups is 1. The predicted octanol–water partition coefficient (Wildman–Crippen LogP) is 5.18. The monoisotopic (exact) mass is 368 g/mol. The summed E-state index contributed by atoms with van der Waals surface area (Å²) in [6, 6.07) is 16.5. The second-order valence-corrected chi connectivity index (χ2v) is 7.10. The maximum atomic E-state index is 12.2. The van der Waals surface area contributed by atoms with Crippen molar-refractivity contribution in [1.82, 2.24) is 0 Å². The Labute approximate surface area is 158 Å². The Morgan fingerprint density at radius 2 is 1.88 bits per heavy atom. The van der Waals surface area contributed by atoms with E-state index in [0.29, 0.717) is 22.9 Å². The number of halogens is 1. The minimum absolute atomic E-state index is 0.0221. The second kappa shape index (κ2) is 8.73. The van der Waals surface area contributed by atoms with Crippen molar-refractivity contribution in [3.63, 3.8) is 0 Å². The van der Waals surface area contributed by atoms with Crippen LogP contribution in [-0.2, 0) is 4.79 Å². The van der Waals surface area contributed by atoms with Crippen LogP contribution in [0.1, 0.15) is 37.7 Å². The number of rotatable bonds is 5. The molecule has 5 heteroatoms. The van der Waals surface area contributed by atoms with Crippen molar-refractivity contribution in [1.29, 1.82) is 5.26 Å². The molecule has 0 aromatic heterocycles. The number of anilines is 1. The smallest absolute Gasteiger partial charge is 0.224 e. The molecule has 1 fully saturated rings. The van der Waals surface area contributed by atoms with E-state index in [-0.39, 0.29) is 12.0 Å². The fourth-order valence-electron chi connectivity index (χ4n) is 3.29. The van der Waals surface area contributed by atoms with Crippen LogP contribution >= 0.6 is 11.6 Å². The highest BCUT2D eigenvalue weighted by molar-refractivity contribution is 6.30. The van der Waals surface area contributed by atoms with Gasteiger partial charge in [-0.1, -0.05) is 17.7 Å². The summed E-state index contributed by atoms with van der Waals surface area (Å²) in [6.45, 7) is 0. The first-order valence-corrected chi connectivity index (χ1v) is 9.22. The molecule has 0 spiro atoms. The summed E-state index contributed by atoms with van der Waals surface area (Å²) in [5, 5.41) is 12.4. The van der Waals surface area contributed by atoms with Crippen molar-refractivity contribution in [2.45, 2.75) is 38.2 Å². The average Bonchev–Trinajstić information content (AvgIpc) is 2.64. The number of benzene rings is 2. The van der Waals surface area contributed by atoms with Crippen molar-refractivity contribution < 1.29 is 9.53 Å². The number of nitriles is 1. The van der Waals surface area contributed by atoms with Gasteiger partial charge < -0.3 is 10.1 Å². The van der Waals surface area contributed by atoms with Gasteiger partial charge in [0, 0.05) is 17.1 Å². The largest absolute Gasteiger partial charge is 0.490 e. The zero-order chi connectivity index (χ0) is 18.4. The van der Waals surface area contributed by atoms with Gasteiger partial charge in [-0.2, -0.15) is 5.26 Å². The van der Waals surface area contributed by atoms with Gasteiger partial charge in [0.05, 0.1) is 17.7 Å². The van der Waals surface area contributed by atoms with Gasteiger partial charge in [0.15, 0.2) is 0 Å². The maximum absolute atomic E-state index is 12.2. The Morgan fingerprint density at radius 1 is 1.15 bits per heavy atom. The normalized spacial score (nSPS) is 19.4. The summed E-state index contributed by atoms with van der Waals surface area (Å²) < 4.78 is 6.00. The lowest BCUT2D eigenvalue weighted by Gasteiger charge is -2.28. The van der Waals surface area contributed by atoms with Crippen LogP contribution in [0, 0.1) is 17.2 Å². The first-order valence-electron chi connectivity index (χ1n) is 8.84. The van der Waals surface area contributed by atoms with Gasteiger partial charge >= 0.3 is 0 Å². The highest BCUT2D eigenvalue weighted by atomic mass is 35.5. The number of carbonyl (C=O) groups excluding carboxylic acids is 1. The van der Waals surface area contributed by atoms with Crippen LogP contribution in [0.15, 0.2) is 48.5 Å². The number of amides is 1. The van der Waals surface area contributed by atoms with Gasteiger partial charge in [0.1, 0.15) is 5.75 Å². The van der Waals surface area contributed by atoms with Crippen molar-refractivity contribution >= 4 is 23.2 Å². The van der Waals surface area contributed by atoms with Gasteiger partial charge in [-0.25, -0.2) is 0 Å². The summed E-state index contributed by atoms with van der Waals surface area (Å²) >= 11 is 5.99. The van der Waals surface area contributed by atoms with E-state index < -0.39 is 0 Å². The molecule has 2 aromatic carbocycles. The van der Waals surface area contributed by atoms with E-state index in [1.54, 1.807) is 24.3 Å². The molecule has 1 saturated carbocycles. The summed E-state index contributed by atoms with van der Waals surface area (Å²) in [6.07, 6.45) is 4.55. The van der Waals surface area contributed by atoms with E-state index in [4.69, 9.17) is 21.6 Å². The zero-order valence-electron chi connectivity index (χ0n) is 14.5. The highest BCUT2D eigenvalue weighted by Gasteiger charge is 2.24. The average molecular weight is 369 g/mol. The second-order valence-electron chi connectivity index (χ2n) is 6.66. The predicted molar refractivity (Wildman–Crippen MR) is 102 cm³/mol. The van der Waals surface area contributed by atoms with Crippen LogP contribution in [0.5, 0.6) is 5.75 Å². The van der Waals surface area contributed by atoms with Gasteiger partial charge in [0.2, 0.25) is 5.91 Å². The minimum Gasteiger partial charge on any atom is -0.490 e. The molecule has 1 amide bonds. The van der Waals surface area contributed by atoms with E-state index >= 15 is 0 Å². The van der Waals surface area contributed by atoms with Crippen molar-refractivity contribution in [2.24, 2.45) is 5.92 Å². The molecule has 2 aromatic rings. The molecule has 0 heterocycles. The number of nitrogens with zero attached hydrogens (tertiary/aromatic N) is 1.